The van der Waals surface area contributed by atoms with Crippen LogP contribution >= 0.6 is 0 Å². The van der Waals surface area contributed by atoms with Crippen LogP contribution in [-0.2, 0) is 14.3 Å². The quantitative estimate of drug-likeness (QED) is 0.686. The summed E-state index contributed by atoms with van der Waals surface area (Å²) in [6.07, 6.45) is 5.99. The average Bonchev–Trinajstić information content (AvgIpc) is 2.26. The van der Waals surface area contributed by atoms with E-state index in [1.165, 1.54) is 13.2 Å². The lowest BCUT2D eigenvalue weighted by molar-refractivity contribution is -0.111. The van der Waals surface area contributed by atoms with Crippen molar-refractivity contribution in [3.63, 3.8) is 0 Å². The lowest BCUT2D eigenvalue weighted by Gasteiger charge is -2.15. The third-order valence-electron chi connectivity index (χ3n) is 2.33. The molecule has 0 spiro atoms. The number of hydrogen-bond acceptors (Lipinski definition) is 3. The number of allylic oxidation sites excluding steroid dienone is 4. The summed E-state index contributed by atoms with van der Waals surface area (Å²) in [7, 11) is 3.09. The van der Waals surface area contributed by atoms with E-state index >= 15 is 0 Å². The van der Waals surface area contributed by atoms with Gasteiger partial charge < -0.3 is 9.47 Å². The molecule has 1 rings (SSSR count). The van der Waals surface area contributed by atoms with E-state index in [4.69, 9.17) is 9.47 Å². The zero-order valence-corrected chi connectivity index (χ0v) is 10.2. The van der Waals surface area contributed by atoms with Gasteiger partial charge in [-0.05, 0) is 12.3 Å². The molecule has 1 aliphatic rings. The van der Waals surface area contributed by atoms with Gasteiger partial charge in [-0.2, -0.15) is 0 Å². The van der Waals surface area contributed by atoms with Crippen molar-refractivity contribution < 1.29 is 14.3 Å². The van der Waals surface area contributed by atoms with Crippen LogP contribution < -0.4 is 0 Å². The Hall–Kier alpha value is -1.51. The van der Waals surface area contributed by atoms with Gasteiger partial charge in [-0.25, -0.2) is 0 Å². The summed E-state index contributed by atoms with van der Waals surface area (Å²) in [6, 6.07) is 0. The Balaban J connectivity index is 2.95. The Morgan fingerprint density at radius 3 is 2.44 bits per heavy atom. The SMILES string of the molecule is COC1=CC(=O)/C(=C/CC(C)C)C(OC)=C1. The van der Waals surface area contributed by atoms with Gasteiger partial charge in [0.25, 0.3) is 0 Å². The third-order valence-corrected chi connectivity index (χ3v) is 2.33. The van der Waals surface area contributed by atoms with Crippen molar-refractivity contribution in [2.45, 2.75) is 20.3 Å². The van der Waals surface area contributed by atoms with Crippen LogP contribution in [0.5, 0.6) is 0 Å². The second-order valence-electron chi connectivity index (χ2n) is 4.08. The molecule has 0 aromatic rings. The number of ketones is 1. The largest absolute Gasteiger partial charge is 0.496 e. The Morgan fingerprint density at radius 2 is 1.94 bits per heavy atom. The van der Waals surface area contributed by atoms with Gasteiger partial charge in [0, 0.05) is 12.2 Å². The van der Waals surface area contributed by atoms with Crippen LogP contribution in [0.15, 0.2) is 35.3 Å². The monoisotopic (exact) mass is 222 g/mol. The van der Waals surface area contributed by atoms with Crippen LogP contribution in [-0.4, -0.2) is 20.0 Å². The van der Waals surface area contributed by atoms with Gasteiger partial charge in [-0.1, -0.05) is 19.9 Å². The summed E-state index contributed by atoms with van der Waals surface area (Å²) in [5.74, 6) is 1.57. The number of methoxy groups -OCH3 is 2. The van der Waals surface area contributed by atoms with Crippen molar-refractivity contribution in [1.82, 2.24) is 0 Å². The van der Waals surface area contributed by atoms with Gasteiger partial charge in [0.1, 0.15) is 11.5 Å². The second-order valence-corrected chi connectivity index (χ2v) is 4.08. The van der Waals surface area contributed by atoms with E-state index in [1.54, 1.807) is 13.2 Å². The maximum Gasteiger partial charge on any atom is 0.192 e. The van der Waals surface area contributed by atoms with Crippen LogP contribution in [0.3, 0.4) is 0 Å². The summed E-state index contributed by atoms with van der Waals surface area (Å²) in [5.41, 5.74) is 0.622. The zero-order valence-electron chi connectivity index (χ0n) is 10.2. The minimum atomic E-state index is -0.0585. The van der Waals surface area contributed by atoms with E-state index in [0.717, 1.165) is 6.42 Å². The van der Waals surface area contributed by atoms with E-state index in [1.807, 2.05) is 6.08 Å². The molecule has 0 atom stereocenters. The number of rotatable bonds is 4. The van der Waals surface area contributed by atoms with E-state index in [0.29, 0.717) is 23.0 Å². The summed E-state index contributed by atoms with van der Waals surface area (Å²) in [6.45, 7) is 4.22. The fraction of sp³-hybridized carbons (Fsp3) is 0.462. The zero-order chi connectivity index (χ0) is 12.1. The van der Waals surface area contributed by atoms with Crippen molar-refractivity contribution in [2.75, 3.05) is 14.2 Å². The summed E-state index contributed by atoms with van der Waals surface area (Å²) in [4.78, 5) is 11.8. The standard InChI is InChI=1S/C13H18O3/c1-9(2)5-6-11-12(14)7-10(15-3)8-13(11)16-4/h6-9H,5H2,1-4H3/b11-6-. The Labute approximate surface area is 96.4 Å². The normalized spacial score (nSPS) is 18.6. The van der Waals surface area contributed by atoms with Crippen molar-refractivity contribution in [3.05, 3.63) is 35.3 Å². The molecule has 0 aromatic carbocycles. The Kier molecular flexibility index (Phi) is 4.35. The van der Waals surface area contributed by atoms with Gasteiger partial charge in [0.15, 0.2) is 5.78 Å². The average molecular weight is 222 g/mol. The molecule has 88 valence electrons. The van der Waals surface area contributed by atoms with Gasteiger partial charge in [0.2, 0.25) is 0 Å². The molecule has 0 radical (unpaired) electrons. The van der Waals surface area contributed by atoms with Crippen molar-refractivity contribution in [1.29, 1.82) is 0 Å². The molecule has 0 aliphatic heterocycles. The molecule has 0 saturated heterocycles. The molecule has 0 fully saturated rings. The second kappa shape index (κ2) is 5.54. The number of ether oxygens (including phenoxy) is 2. The van der Waals surface area contributed by atoms with Crippen LogP contribution in [0.1, 0.15) is 20.3 Å². The molecular weight excluding hydrogens is 204 g/mol. The summed E-state index contributed by atoms with van der Waals surface area (Å²) < 4.78 is 10.2. The molecule has 3 nitrogen and oxygen atoms in total. The molecule has 0 unspecified atom stereocenters. The number of carbonyl (C=O) groups excluding carboxylic acids is 1. The van der Waals surface area contributed by atoms with Crippen molar-refractivity contribution in [2.24, 2.45) is 5.92 Å². The predicted molar refractivity (Wildman–Crippen MR) is 62.7 cm³/mol. The van der Waals surface area contributed by atoms with Gasteiger partial charge in [-0.3, -0.25) is 4.79 Å². The first kappa shape index (κ1) is 12.6. The minimum Gasteiger partial charge on any atom is -0.496 e. The molecule has 0 heterocycles. The van der Waals surface area contributed by atoms with Crippen molar-refractivity contribution in [3.8, 4) is 0 Å². The molecule has 1 aliphatic carbocycles. The fourth-order valence-electron chi connectivity index (χ4n) is 1.42. The van der Waals surface area contributed by atoms with Crippen LogP contribution in [0.2, 0.25) is 0 Å². The molecule has 0 N–H and O–H groups in total. The molecule has 0 amide bonds. The molecule has 0 saturated carbocycles. The maximum atomic E-state index is 11.8. The lowest BCUT2D eigenvalue weighted by atomic mass is 9.99. The molecular formula is C13H18O3. The topological polar surface area (TPSA) is 35.5 Å². The lowest BCUT2D eigenvalue weighted by Crippen LogP contribution is -2.10. The highest BCUT2D eigenvalue weighted by molar-refractivity contribution is 6.08. The first-order valence-electron chi connectivity index (χ1n) is 5.34. The van der Waals surface area contributed by atoms with Gasteiger partial charge >= 0.3 is 0 Å². The van der Waals surface area contributed by atoms with E-state index in [-0.39, 0.29) is 5.78 Å². The van der Waals surface area contributed by atoms with Crippen LogP contribution in [0.25, 0.3) is 0 Å². The maximum absolute atomic E-state index is 11.8. The van der Waals surface area contributed by atoms with Gasteiger partial charge in [-0.15, -0.1) is 0 Å². The number of carbonyl (C=O) groups is 1. The summed E-state index contributed by atoms with van der Waals surface area (Å²) in [5, 5.41) is 0. The van der Waals surface area contributed by atoms with E-state index in [2.05, 4.69) is 13.8 Å². The Bertz CT molecular complexity index is 359. The van der Waals surface area contributed by atoms with Crippen molar-refractivity contribution >= 4 is 5.78 Å². The third kappa shape index (κ3) is 2.99. The first-order chi connectivity index (χ1) is 7.58. The molecule has 0 bridgehead atoms. The van der Waals surface area contributed by atoms with Crippen LogP contribution in [0.4, 0.5) is 0 Å². The highest BCUT2D eigenvalue weighted by Crippen LogP contribution is 2.22. The van der Waals surface area contributed by atoms with E-state index in [9.17, 15) is 4.79 Å². The minimum absolute atomic E-state index is 0.0585. The predicted octanol–water partition coefficient (Wildman–Crippen LogP) is 2.60. The Morgan fingerprint density at radius 1 is 1.25 bits per heavy atom. The smallest absolute Gasteiger partial charge is 0.192 e. The summed E-state index contributed by atoms with van der Waals surface area (Å²) >= 11 is 0. The van der Waals surface area contributed by atoms with Crippen LogP contribution in [0, 0.1) is 5.92 Å². The molecule has 16 heavy (non-hydrogen) atoms. The number of hydrogen-bond donors (Lipinski definition) is 0. The van der Waals surface area contributed by atoms with Gasteiger partial charge in [0.05, 0.1) is 19.8 Å². The highest BCUT2D eigenvalue weighted by atomic mass is 16.5. The molecule has 0 aromatic heterocycles. The first-order valence-corrected chi connectivity index (χ1v) is 5.34. The molecule has 3 heteroatoms. The highest BCUT2D eigenvalue weighted by Gasteiger charge is 2.19. The fourth-order valence-corrected chi connectivity index (χ4v) is 1.42. The van der Waals surface area contributed by atoms with E-state index < -0.39 is 0 Å².